The van der Waals surface area contributed by atoms with Crippen molar-refractivity contribution in [2.75, 3.05) is 0 Å². The van der Waals surface area contributed by atoms with Crippen LogP contribution in [-0.2, 0) is 0 Å². The maximum atomic E-state index is 6.21. The molecule has 2 aromatic rings. The molecule has 2 rings (SSSR count). The van der Waals surface area contributed by atoms with E-state index in [0.717, 1.165) is 15.6 Å². The average Bonchev–Trinajstić information content (AvgIpc) is 2.33. The smallest absolute Gasteiger partial charge is 0.0599 e. The summed E-state index contributed by atoms with van der Waals surface area (Å²) in [5.41, 5.74) is 8.17. The average molecular weight is 297 g/mol. The van der Waals surface area contributed by atoms with Crippen molar-refractivity contribution in [1.82, 2.24) is 0 Å². The zero-order valence-corrected chi connectivity index (χ0v) is 10.9. The van der Waals surface area contributed by atoms with Gasteiger partial charge in [0, 0.05) is 4.47 Å². The monoisotopic (exact) mass is 295 g/mol. The molecular formula is C13H11BrClN. The van der Waals surface area contributed by atoms with E-state index in [0.29, 0.717) is 5.02 Å². The molecule has 0 bridgehead atoms. The van der Waals surface area contributed by atoms with E-state index in [2.05, 4.69) is 15.9 Å². The molecule has 0 heterocycles. The number of hydrogen-bond acceptors (Lipinski definition) is 1. The van der Waals surface area contributed by atoms with Crippen molar-refractivity contribution in [2.24, 2.45) is 5.73 Å². The van der Waals surface area contributed by atoms with E-state index in [9.17, 15) is 0 Å². The molecule has 2 aromatic carbocycles. The molecule has 3 heteroatoms. The van der Waals surface area contributed by atoms with Crippen LogP contribution in [0.15, 0.2) is 53.0 Å². The summed E-state index contributed by atoms with van der Waals surface area (Å²) in [6.07, 6.45) is 0. The van der Waals surface area contributed by atoms with Gasteiger partial charge in [-0.15, -0.1) is 0 Å². The van der Waals surface area contributed by atoms with Crippen LogP contribution in [0.25, 0.3) is 0 Å². The number of rotatable bonds is 2. The highest BCUT2D eigenvalue weighted by Gasteiger charge is 2.13. The van der Waals surface area contributed by atoms with E-state index in [1.807, 2.05) is 48.5 Å². The Bertz CT molecular complexity index is 485. The third kappa shape index (κ3) is 2.29. The lowest BCUT2D eigenvalue weighted by Gasteiger charge is -2.14. The molecule has 16 heavy (non-hydrogen) atoms. The number of benzene rings is 2. The van der Waals surface area contributed by atoms with Crippen molar-refractivity contribution in [1.29, 1.82) is 0 Å². The van der Waals surface area contributed by atoms with Crippen LogP contribution in [-0.4, -0.2) is 0 Å². The van der Waals surface area contributed by atoms with Crippen molar-refractivity contribution in [3.05, 3.63) is 69.2 Å². The molecule has 0 spiro atoms. The molecule has 2 N–H and O–H groups in total. The maximum Gasteiger partial charge on any atom is 0.0599 e. The summed E-state index contributed by atoms with van der Waals surface area (Å²) in [6, 6.07) is 15.5. The fourth-order valence-electron chi connectivity index (χ4n) is 1.60. The van der Waals surface area contributed by atoms with E-state index in [4.69, 9.17) is 17.3 Å². The lowest BCUT2D eigenvalue weighted by Crippen LogP contribution is -2.12. The first-order valence-electron chi connectivity index (χ1n) is 4.94. The molecular weight excluding hydrogens is 286 g/mol. The standard InChI is InChI=1S/C13H11BrClN/c14-11-8-4-7-10(12(11)15)13(16)9-5-2-1-3-6-9/h1-8,13H,16H2. The van der Waals surface area contributed by atoms with Crippen molar-refractivity contribution in [3.63, 3.8) is 0 Å². The minimum absolute atomic E-state index is 0.189. The van der Waals surface area contributed by atoms with Crippen molar-refractivity contribution >= 4 is 27.5 Å². The fourth-order valence-corrected chi connectivity index (χ4v) is 2.23. The molecule has 1 unspecified atom stereocenters. The van der Waals surface area contributed by atoms with Gasteiger partial charge in [-0.05, 0) is 33.1 Å². The van der Waals surface area contributed by atoms with Crippen LogP contribution in [0.1, 0.15) is 17.2 Å². The third-order valence-electron chi connectivity index (χ3n) is 2.48. The first-order valence-corrected chi connectivity index (χ1v) is 6.11. The van der Waals surface area contributed by atoms with Crippen LogP contribution in [0.4, 0.5) is 0 Å². The Morgan fingerprint density at radius 1 is 1.00 bits per heavy atom. The van der Waals surface area contributed by atoms with Crippen molar-refractivity contribution in [3.8, 4) is 0 Å². The number of nitrogens with two attached hydrogens (primary N) is 1. The fraction of sp³-hybridized carbons (Fsp3) is 0.0769. The summed E-state index contributed by atoms with van der Waals surface area (Å²) < 4.78 is 0.873. The Labute approximate surface area is 108 Å². The summed E-state index contributed by atoms with van der Waals surface area (Å²) >= 11 is 9.61. The molecule has 0 aromatic heterocycles. The van der Waals surface area contributed by atoms with Gasteiger partial charge in [0.1, 0.15) is 0 Å². The van der Waals surface area contributed by atoms with Crippen LogP contribution in [0, 0.1) is 0 Å². The zero-order valence-electron chi connectivity index (χ0n) is 8.53. The van der Waals surface area contributed by atoms with Crippen LogP contribution in [0.3, 0.4) is 0 Å². The Morgan fingerprint density at radius 2 is 1.69 bits per heavy atom. The SMILES string of the molecule is NC(c1ccccc1)c1cccc(Br)c1Cl. The van der Waals surface area contributed by atoms with Gasteiger partial charge >= 0.3 is 0 Å². The zero-order chi connectivity index (χ0) is 11.5. The lowest BCUT2D eigenvalue weighted by molar-refractivity contribution is 0.871. The largest absolute Gasteiger partial charge is 0.320 e. The number of hydrogen-bond donors (Lipinski definition) is 1. The first-order chi connectivity index (χ1) is 7.70. The van der Waals surface area contributed by atoms with Gasteiger partial charge in [0.15, 0.2) is 0 Å². The first kappa shape index (κ1) is 11.6. The number of halogens is 2. The van der Waals surface area contributed by atoms with E-state index < -0.39 is 0 Å². The molecule has 0 fully saturated rings. The van der Waals surface area contributed by atoms with Crippen LogP contribution in [0.5, 0.6) is 0 Å². The van der Waals surface area contributed by atoms with Gasteiger partial charge in [-0.3, -0.25) is 0 Å². The summed E-state index contributed by atoms with van der Waals surface area (Å²) in [4.78, 5) is 0. The molecule has 1 nitrogen and oxygen atoms in total. The van der Waals surface area contributed by atoms with Gasteiger partial charge in [0.2, 0.25) is 0 Å². The minimum Gasteiger partial charge on any atom is -0.320 e. The predicted octanol–water partition coefficient (Wildman–Crippen LogP) is 4.15. The second-order valence-corrected chi connectivity index (χ2v) is 4.76. The quantitative estimate of drug-likeness (QED) is 0.885. The molecule has 0 aliphatic carbocycles. The van der Waals surface area contributed by atoms with E-state index in [-0.39, 0.29) is 6.04 Å². The van der Waals surface area contributed by atoms with Crippen LogP contribution >= 0.6 is 27.5 Å². The van der Waals surface area contributed by atoms with Crippen LogP contribution in [0.2, 0.25) is 5.02 Å². The summed E-state index contributed by atoms with van der Waals surface area (Å²) in [6.45, 7) is 0. The molecule has 0 aliphatic heterocycles. The van der Waals surface area contributed by atoms with E-state index in [1.54, 1.807) is 0 Å². The van der Waals surface area contributed by atoms with Crippen LogP contribution < -0.4 is 5.73 Å². The highest BCUT2D eigenvalue weighted by molar-refractivity contribution is 9.10. The Morgan fingerprint density at radius 3 is 2.38 bits per heavy atom. The third-order valence-corrected chi connectivity index (χ3v) is 3.79. The normalized spacial score (nSPS) is 12.4. The predicted molar refractivity (Wildman–Crippen MR) is 71.6 cm³/mol. The second kappa shape index (κ2) is 5.00. The molecule has 0 radical (unpaired) electrons. The summed E-state index contributed by atoms with van der Waals surface area (Å²) in [7, 11) is 0. The molecule has 82 valence electrons. The lowest BCUT2D eigenvalue weighted by atomic mass is 10.00. The summed E-state index contributed by atoms with van der Waals surface area (Å²) in [5.74, 6) is 0. The molecule has 0 aliphatic rings. The molecule has 0 amide bonds. The Kier molecular flexibility index (Phi) is 3.64. The van der Waals surface area contributed by atoms with Gasteiger partial charge < -0.3 is 5.73 Å². The minimum atomic E-state index is -0.189. The van der Waals surface area contributed by atoms with Gasteiger partial charge in [0.25, 0.3) is 0 Å². The highest BCUT2D eigenvalue weighted by atomic mass is 79.9. The summed E-state index contributed by atoms with van der Waals surface area (Å²) in [5, 5.41) is 0.679. The van der Waals surface area contributed by atoms with Gasteiger partial charge in [0.05, 0.1) is 11.1 Å². The Balaban J connectivity index is 2.42. The van der Waals surface area contributed by atoms with E-state index >= 15 is 0 Å². The van der Waals surface area contributed by atoms with Gasteiger partial charge in [-0.25, -0.2) is 0 Å². The Hall–Kier alpha value is -0.830. The van der Waals surface area contributed by atoms with Gasteiger partial charge in [-0.2, -0.15) is 0 Å². The van der Waals surface area contributed by atoms with Gasteiger partial charge in [-0.1, -0.05) is 54.1 Å². The second-order valence-electron chi connectivity index (χ2n) is 3.53. The maximum absolute atomic E-state index is 6.21. The van der Waals surface area contributed by atoms with Crippen molar-refractivity contribution in [2.45, 2.75) is 6.04 Å². The molecule has 1 atom stereocenters. The van der Waals surface area contributed by atoms with E-state index in [1.165, 1.54) is 0 Å². The van der Waals surface area contributed by atoms with Crippen molar-refractivity contribution < 1.29 is 0 Å². The topological polar surface area (TPSA) is 26.0 Å². The molecule has 0 saturated heterocycles. The highest BCUT2D eigenvalue weighted by Crippen LogP contribution is 2.31. The molecule has 0 saturated carbocycles.